The zero-order chi connectivity index (χ0) is 15.1. The summed E-state index contributed by atoms with van der Waals surface area (Å²) in [7, 11) is 0. The number of nitrogens with one attached hydrogen (secondary N) is 1. The molecule has 0 unspecified atom stereocenters. The number of fused-ring (bicyclic) bond motifs is 1. The standard InChI is InChI=1S/C17H14FNO2/c1-3-10-4-5-11(6-14(10)18)13-7-12-9(2)17(21)19-15(12)8-16(13)20/h4-8,20H,2-3H2,1H3,(H,19,21). The second kappa shape index (κ2) is 4.74. The van der Waals surface area contributed by atoms with Crippen LogP contribution in [0, 0.1) is 5.82 Å². The van der Waals surface area contributed by atoms with Crippen LogP contribution in [0.15, 0.2) is 36.9 Å². The molecule has 106 valence electrons. The number of rotatable bonds is 2. The Bertz CT molecular complexity index is 781. The Labute approximate surface area is 121 Å². The highest BCUT2D eigenvalue weighted by atomic mass is 19.1. The van der Waals surface area contributed by atoms with Crippen LogP contribution in [-0.2, 0) is 11.2 Å². The lowest BCUT2D eigenvalue weighted by Gasteiger charge is -2.09. The first-order chi connectivity index (χ1) is 10.0. The van der Waals surface area contributed by atoms with Gasteiger partial charge in [0.05, 0.1) is 5.69 Å². The van der Waals surface area contributed by atoms with E-state index in [9.17, 15) is 14.3 Å². The highest BCUT2D eigenvalue weighted by Crippen LogP contribution is 2.40. The van der Waals surface area contributed by atoms with Crippen molar-refractivity contribution < 1.29 is 14.3 Å². The monoisotopic (exact) mass is 283 g/mol. The van der Waals surface area contributed by atoms with Crippen LogP contribution in [0.5, 0.6) is 5.75 Å². The lowest BCUT2D eigenvalue weighted by Crippen LogP contribution is -2.02. The lowest BCUT2D eigenvalue weighted by atomic mass is 9.97. The highest BCUT2D eigenvalue weighted by molar-refractivity contribution is 6.31. The van der Waals surface area contributed by atoms with Gasteiger partial charge in [-0.05, 0) is 29.7 Å². The van der Waals surface area contributed by atoms with Crippen molar-refractivity contribution in [2.75, 3.05) is 5.32 Å². The second-order valence-corrected chi connectivity index (χ2v) is 5.01. The van der Waals surface area contributed by atoms with Gasteiger partial charge >= 0.3 is 0 Å². The van der Waals surface area contributed by atoms with Gasteiger partial charge in [-0.2, -0.15) is 0 Å². The van der Waals surface area contributed by atoms with Crippen LogP contribution < -0.4 is 5.32 Å². The molecule has 2 aromatic carbocycles. The summed E-state index contributed by atoms with van der Waals surface area (Å²) in [4.78, 5) is 11.6. The van der Waals surface area contributed by atoms with Gasteiger partial charge in [0.1, 0.15) is 11.6 Å². The molecule has 21 heavy (non-hydrogen) atoms. The molecule has 0 atom stereocenters. The zero-order valence-electron chi connectivity index (χ0n) is 11.5. The van der Waals surface area contributed by atoms with E-state index >= 15 is 0 Å². The average molecular weight is 283 g/mol. The van der Waals surface area contributed by atoms with Gasteiger partial charge in [0, 0.05) is 22.8 Å². The first-order valence-corrected chi connectivity index (χ1v) is 6.67. The van der Waals surface area contributed by atoms with Gasteiger partial charge in [-0.3, -0.25) is 4.79 Å². The first kappa shape index (κ1) is 13.4. The number of aryl methyl sites for hydroxylation is 1. The molecule has 0 bridgehead atoms. The molecule has 1 aliphatic heterocycles. The van der Waals surface area contributed by atoms with Gasteiger partial charge in [-0.15, -0.1) is 0 Å². The van der Waals surface area contributed by atoms with Crippen LogP contribution in [0.25, 0.3) is 16.7 Å². The van der Waals surface area contributed by atoms with Crippen LogP contribution in [-0.4, -0.2) is 11.0 Å². The average Bonchev–Trinajstić information content (AvgIpc) is 2.72. The largest absolute Gasteiger partial charge is 0.507 e. The normalized spacial score (nSPS) is 13.2. The third-order valence-corrected chi connectivity index (χ3v) is 3.73. The maximum absolute atomic E-state index is 13.9. The lowest BCUT2D eigenvalue weighted by molar-refractivity contribution is -0.110. The smallest absolute Gasteiger partial charge is 0.255 e. The van der Waals surface area contributed by atoms with Crippen LogP contribution in [0.1, 0.15) is 18.1 Å². The molecule has 1 aliphatic rings. The number of phenols is 1. The Morgan fingerprint density at radius 1 is 1.24 bits per heavy atom. The molecule has 0 aliphatic carbocycles. The van der Waals surface area contributed by atoms with E-state index < -0.39 is 0 Å². The van der Waals surface area contributed by atoms with E-state index in [0.29, 0.717) is 39.9 Å². The first-order valence-electron chi connectivity index (χ1n) is 6.67. The van der Waals surface area contributed by atoms with E-state index in [1.165, 1.54) is 12.1 Å². The van der Waals surface area contributed by atoms with Crippen molar-refractivity contribution in [3.63, 3.8) is 0 Å². The summed E-state index contributed by atoms with van der Waals surface area (Å²) >= 11 is 0. The van der Waals surface area contributed by atoms with Crippen molar-refractivity contribution in [1.29, 1.82) is 0 Å². The van der Waals surface area contributed by atoms with Gasteiger partial charge in [0.2, 0.25) is 0 Å². The van der Waals surface area contributed by atoms with Crippen molar-refractivity contribution in [1.82, 2.24) is 0 Å². The number of aromatic hydroxyl groups is 1. The minimum Gasteiger partial charge on any atom is -0.507 e. The van der Waals surface area contributed by atoms with E-state index in [4.69, 9.17) is 0 Å². The predicted molar refractivity (Wildman–Crippen MR) is 80.5 cm³/mol. The Morgan fingerprint density at radius 3 is 2.67 bits per heavy atom. The molecular formula is C17H14FNO2. The summed E-state index contributed by atoms with van der Waals surface area (Å²) < 4.78 is 13.9. The molecule has 3 rings (SSSR count). The van der Waals surface area contributed by atoms with Crippen LogP contribution in [0.2, 0.25) is 0 Å². The van der Waals surface area contributed by atoms with Gasteiger partial charge in [-0.1, -0.05) is 25.6 Å². The molecule has 1 heterocycles. The van der Waals surface area contributed by atoms with Gasteiger partial charge in [0.15, 0.2) is 0 Å². The van der Waals surface area contributed by atoms with Gasteiger partial charge < -0.3 is 10.4 Å². The second-order valence-electron chi connectivity index (χ2n) is 5.01. The molecule has 0 spiro atoms. The maximum atomic E-state index is 13.9. The van der Waals surface area contributed by atoms with E-state index in [1.807, 2.05) is 6.92 Å². The minimum atomic E-state index is -0.303. The van der Waals surface area contributed by atoms with Crippen LogP contribution in [0.3, 0.4) is 0 Å². The maximum Gasteiger partial charge on any atom is 0.255 e. The predicted octanol–water partition coefficient (Wildman–Crippen LogP) is 3.73. The third kappa shape index (κ3) is 2.09. The highest BCUT2D eigenvalue weighted by Gasteiger charge is 2.24. The summed E-state index contributed by atoms with van der Waals surface area (Å²) in [6.45, 7) is 5.60. The van der Waals surface area contributed by atoms with Crippen molar-refractivity contribution in [3.05, 3.63) is 53.9 Å². The molecule has 0 saturated heterocycles. The number of carbonyl (C=O) groups is 1. The van der Waals surface area contributed by atoms with Gasteiger partial charge in [0.25, 0.3) is 5.91 Å². The Balaban J connectivity index is 2.14. The fourth-order valence-electron chi connectivity index (χ4n) is 2.49. The molecule has 2 aromatic rings. The topological polar surface area (TPSA) is 49.3 Å². The SMILES string of the molecule is C=C1C(=O)Nc2cc(O)c(-c3ccc(CC)c(F)c3)cc21. The van der Waals surface area contributed by atoms with E-state index in [0.717, 1.165) is 0 Å². The molecule has 1 amide bonds. The van der Waals surface area contributed by atoms with Crippen molar-refractivity contribution in [2.45, 2.75) is 13.3 Å². The molecule has 0 aromatic heterocycles. The fourth-order valence-corrected chi connectivity index (χ4v) is 2.49. The number of benzene rings is 2. The number of amides is 1. The molecule has 3 nitrogen and oxygen atoms in total. The summed E-state index contributed by atoms with van der Waals surface area (Å²) in [6, 6.07) is 7.98. The quantitative estimate of drug-likeness (QED) is 0.825. The fraction of sp³-hybridized carbons (Fsp3) is 0.118. The molecular weight excluding hydrogens is 269 g/mol. The van der Waals surface area contributed by atoms with Crippen LogP contribution in [0.4, 0.5) is 10.1 Å². The van der Waals surface area contributed by atoms with Crippen molar-refractivity contribution >= 4 is 17.2 Å². The molecule has 0 saturated carbocycles. The number of hydrogen-bond donors (Lipinski definition) is 2. The zero-order valence-corrected chi connectivity index (χ0v) is 11.5. The number of carbonyl (C=O) groups excluding carboxylic acids is 1. The van der Waals surface area contributed by atoms with Crippen molar-refractivity contribution in [3.8, 4) is 16.9 Å². The number of halogens is 1. The molecule has 2 N–H and O–H groups in total. The van der Waals surface area contributed by atoms with Crippen LogP contribution >= 0.6 is 0 Å². The number of anilines is 1. The summed E-state index contributed by atoms with van der Waals surface area (Å²) in [5.74, 6) is -0.593. The summed E-state index contributed by atoms with van der Waals surface area (Å²) in [5.41, 5.74) is 3.17. The third-order valence-electron chi connectivity index (χ3n) is 3.73. The molecule has 4 heteroatoms. The minimum absolute atomic E-state index is 0.00704. The summed E-state index contributed by atoms with van der Waals surface area (Å²) in [6.07, 6.45) is 0.609. The van der Waals surface area contributed by atoms with E-state index in [-0.39, 0.29) is 17.5 Å². The van der Waals surface area contributed by atoms with Crippen molar-refractivity contribution in [2.24, 2.45) is 0 Å². The Morgan fingerprint density at radius 2 is 2.00 bits per heavy atom. The molecule has 0 radical (unpaired) electrons. The van der Waals surface area contributed by atoms with E-state index in [1.54, 1.807) is 18.2 Å². The number of phenolic OH excluding ortho intramolecular Hbond substituents is 1. The molecule has 0 fully saturated rings. The number of hydrogen-bond acceptors (Lipinski definition) is 2. The Hall–Kier alpha value is -2.62. The van der Waals surface area contributed by atoms with Gasteiger partial charge in [-0.25, -0.2) is 4.39 Å². The summed E-state index contributed by atoms with van der Waals surface area (Å²) in [5, 5.41) is 12.7. The Kier molecular flexibility index (Phi) is 3.01. The van der Waals surface area contributed by atoms with E-state index in [2.05, 4.69) is 11.9 Å².